The molecule has 0 radical (unpaired) electrons. The zero-order valence-electron chi connectivity index (χ0n) is 10.4. The number of hydrogen-bond acceptors (Lipinski definition) is 4. The second kappa shape index (κ2) is 5.37. The molecule has 1 amide bonds. The van der Waals surface area contributed by atoms with E-state index in [2.05, 4.69) is 0 Å². The summed E-state index contributed by atoms with van der Waals surface area (Å²) in [6.45, 7) is 2.21. The van der Waals surface area contributed by atoms with Crippen molar-refractivity contribution in [2.75, 3.05) is 13.2 Å². The van der Waals surface area contributed by atoms with Crippen LogP contribution in [-0.4, -0.2) is 25.2 Å². The van der Waals surface area contributed by atoms with E-state index in [4.69, 9.17) is 20.9 Å². The fourth-order valence-corrected chi connectivity index (χ4v) is 2.06. The van der Waals surface area contributed by atoms with Crippen LogP contribution in [0, 0.1) is 0 Å². The summed E-state index contributed by atoms with van der Waals surface area (Å²) in [7, 11) is 0. The zero-order chi connectivity index (χ0) is 13.1. The van der Waals surface area contributed by atoms with E-state index in [-0.39, 0.29) is 25.4 Å². The Hall–Kier alpha value is -1.59. The lowest BCUT2D eigenvalue weighted by molar-refractivity contribution is -0.122. The van der Waals surface area contributed by atoms with Crippen molar-refractivity contribution in [3.8, 4) is 5.75 Å². The van der Waals surface area contributed by atoms with Crippen molar-refractivity contribution in [2.45, 2.75) is 25.5 Å². The summed E-state index contributed by atoms with van der Waals surface area (Å²) in [5.41, 5.74) is 13.1. The van der Waals surface area contributed by atoms with Crippen LogP contribution in [0.2, 0.25) is 0 Å². The van der Waals surface area contributed by atoms with E-state index in [1.807, 2.05) is 25.1 Å². The van der Waals surface area contributed by atoms with Gasteiger partial charge in [-0.2, -0.15) is 0 Å². The number of nitrogens with two attached hydrogens (primary N) is 2. The van der Waals surface area contributed by atoms with Gasteiger partial charge >= 0.3 is 0 Å². The molecule has 2 atom stereocenters. The Morgan fingerprint density at radius 1 is 1.61 bits per heavy atom. The third-order valence-corrected chi connectivity index (χ3v) is 2.89. The summed E-state index contributed by atoms with van der Waals surface area (Å²) < 4.78 is 10.7. The fraction of sp³-hybridized carbons (Fsp3) is 0.462. The second-order valence-electron chi connectivity index (χ2n) is 4.59. The van der Waals surface area contributed by atoms with Gasteiger partial charge in [-0.1, -0.05) is 12.1 Å². The average Bonchev–Trinajstić information content (AvgIpc) is 2.67. The highest BCUT2D eigenvalue weighted by Crippen LogP contribution is 2.30. The average molecular weight is 250 g/mol. The minimum atomic E-state index is -0.488. The molecule has 0 bridgehead atoms. The Morgan fingerprint density at radius 3 is 3.11 bits per heavy atom. The number of carbonyl (C=O) groups is 1. The normalized spacial score (nSPS) is 19.1. The molecular weight excluding hydrogens is 232 g/mol. The Kier molecular flexibility index (Phi) is 3.84. The standard InChI is InChI=1S/C13H18N2O3/c1-8-4-10-5-9(2-3-12(10)18-8)11(14)6-17-7-13(15)16/h2-3,5,8,11H,4,6-7,14H2,1H3,(H2,15,16). The Morgan fingerprint density at radius 2 is 2.39 bits per heavy atom. The van der Waals surface area contributed by atoms with Gasteiger partial charge in [0.25, 0.3) is 0 Å². The molecular formula is C13H18N2O3. The summed E-state index contributed by atoms with van der Waals surface area (Å²) in [5, 5.41) is 0. The van der Waals surface area contributed by atoms with Crippen molar-refractivity contribution in [2.24, 2.45) is 11.5 Å². The molecule has 18 heavy (non-hydrogen) atoms. The molecule has 1 aliphatic rings. The summed E-state index contributed by atoms with van der Waals surface area (Å²) >= 11 is 0. The molecule has 1 heterocycles. The first-order valence-corrected chi connectivity index (χ1v) is 5.97. The predicted octanol–water partition coefficient (Wildman–Crippen LogP) is 0.512. The Bertz CT molecular complexity index is 448. The van der Waals surface area contributed by atoms with Crippen LogP contribution < -0.4 is 16.2 Å². The van der Waals surface area contributed by atoms with E-state index in [1.165, 1.54) is 5.56 Å². The van der Waals surface area contributed by atoms with Crippen molar-refractivity contribution in [3.63, 3.8) is 0 Å². The molecule has 5 heteroatoms. The van der Waals surface area contributed by atoms with Gasteiger partial charge in [-0.3, -0.25) is 4.79 Å². The molecule has 0 fully saturated rings. The molecule has 98 valence electrons. The van der Waals surface area contributed by atoms with Gasteiger partial charge in [-0.15, -0.1) is 0 Å². The lowest BCUT2D eigenvalue weighted by Crippen LogP contribution is -2.23. The van der Waals surface area contributed by atoms with Crippen LogP contribution in [0.1, 0.15) is 24.1 Å². The number of primary amides is 1. The number of ether oxygens (including phenoxy) is 2. The first kappa shape index (κ1) is 12.9. The fourth-order valence-electron chi connectivity index (χ4n) is 2.06. The monoisotopic (exact) mass is 250 g/mol. The van der Waals surface area contributed by atoms with Crippen LogP contribution in [0.3, 0.4) is 0 Å². The van der Waals surface area contributed by atoms with Gasteiger partial charge in [-0.25, -0.2) is 0 Å². The van der Waals surface area contributed by atoms with Crippen molar-refractivity contribution >= 4 is 5.91 Å². The lowest BCUT2D eigenvalue weighted by atomic mass is 10.0. The number of amides is 1. The number of hydrogen-bond donors (Lipinski definition) is 2. The third-order valence-electron chi connectivity index (χ3n) is 2.89. The Balaban J connectivity index is 1.97. The molecule has 0 saturated carbocycles. The molecule has 1 aromatic carbocycles. The highest BCUT2D eigenvalue weighted by molar-refractivity contribution is 5.74. The maximum atomic E-state index is 10.5. The third kappa shape index (κ3) is 3.00. The van der Waals surface area contributed by atoms with Crippen molar-refractivity contribution in [1.82, 2.24) is 0 Å². The summed E-state index contributed by atoms with van der Waals surface area (Å²) in [6, 6.07) is 5.64. The maximum absolute atomic E-state index is 10.5. The van der Waals surface area contributed by atoms with Crippen LogP contribution in [0.25, 0.3) is 0 Å². The van der Waals surface area contributed by atoms with Gasteiger partial charge in [0.2, 0.25) is 5.91 Å². The van der Waals surface area contributed by atoms with Crippen molar-refractivity contribution < 1.29 is 14.3 Å². The molecule has 1 aromatic rings. The molecule has 0 aliphatic carbocycles. The molecule has 0 spiro atoms. The maximum Gasteiger partial charge on any atom is 0.243 e. The molecule has 2 unspecified atom stereocenters. The predicted molar refractivity (Wildman–Crippen MR) is 67.2 cm³/mol. The number of fused-ring (bicyclic) bond motifs is 1. The van der Waals surface area contributed by atoms with E-state index in [0.29, 0.717) is 0 Å². The largest absolute Gasteiger partial charge is 0.490 e. The van der Waals surface area contributed by atoms with Crippen molar-refractivity contribution in [3.05, 3.63) is 29.3 Å². The minimum absolute atomic E-state index is 0.0984. The quantitative estimate of drug-likeness (QED) is 0.797. The zero-order valence-corrected chi connectivity index (χ0v) is 10.4. The van der Waals surface area contributed by atoms with Crippen LogP contribution in [0.4, 0.5) is 0 Å². The van der Waals surface area contributed by atoms with E-state index in [0.717, 1.165) is 17.7 Å². The van der Waals surface area contributed by atoms with Crippen LogP contribution in [0.5, 0.6) is 5.75 Å². The molecule has 0 aromatic heterocycles. The first-order valence-electron chi connectivity index (χ1n) is 5.97. The summed E-state index contributed by atoms with van der Waals surface area (Å²) in [6.07, 6.45) is 1.12. The molecule has 4 N–H and O–H groups in total. The molecule has 5 nitrogen and oxygen atoms in total. The van der Waals surface area contributed by atoms with Gasteiger partial charge in [0.05, 0.1) is 12.6 Å². The first-order chi connectivity index (χ1) is 8.56. The molecule has 1 aliphatic heterocycles. The minimum Gasteiger partial charge on any atom is -0.490 e. The van der Waals surface area contributed by atoms with Gasteiger partial charge in [0.1, 0.15) is 18.5 Å². The number of benzene rings is 1. The SMILES string of the molecule is CC1Cc2cc(C(N)COCC(N)=O)ccc2O1. The van der Waals surface area contributed by atoms with E-state index >= 15 is 0 Å². The molecule has 0 saturated heterocycles. The lowest BCUT2D eigenvalue weighted by Gasteiger charge is -2.12. The van der Waals surface area contributed by atoms with Gasteiger partial charge < -0.3 is 20.9 Å². The summed E-state index contributed by atoms with van der Waals surface area (Å²) in [5.74, 6) is 0.440. The van der Waals surface area contributed by atoms with Gasteiger partial charge in [-0.05, 0) is 24.1 Å². The smallest absolute Gasteiger partial charge is 0.243 e. The van der Waals surface area contributed by atoms with Crippen LogP contribution >= 0.6 is 0 Å². The highest BCUT2D eigenvalue weighted by Gasteiger charge is 2.20. The number of rotatable bonds is 5. The second-order valence-corrected chi connectivity index (χ2v) is 4.59. The van der Waals surface area contributed by atoms with Gasteiger partial charge in [0.15, 0.2) is 0 Å². The molecule has 2 rings (SSSR count). The van der Waals surface area contributed by atoms with Crippen molar-refractivity contribution in [1.29, 1.82) is 0 Å². The Labute approximate surface area is 106 Å². The van der Waals surface area contributed by atoms with E-state index in [9.17, 15) is 4.79 Å². The van der Waals surface area contributed by atoms with Crippen LogP contribution in [0.15, 0.2) is 18.2 Å². The van der Waals surface area contributed by atoms with Gasteiger partial charge in [0, 0.05) is 6.42 Å². The summed E-state index contributed by atoms with van der Waals surface area (Å²) in [4.78, 5) is 10.5. The van der Waals surface area contributed by atoms with E-state index in [1.54, 1.807) is 0 Å². The highest BCUT2D eigenvalue weighted by atomic mass is 16.5. The topological polar surface area (TPSA) is 87.6 Å². The van der Waals surface area contributed by atoms with E-state index < -0.39 is 5.91 Å². The number of carbonyl (C=O) groups excluding carboxylic acids is 1. The van der Waals surface area contributed by atoms with Crippen LogP contribution in [-0.2, 0) is 16.0 Å².